The Balaban J connectivity index is 1.61. The second-order valence-corrected chi connectivity index (χ2v) is 20.2. The first-order valence-electron chi connectivity index (χ1n) is 16.6. The van der Waals surface area contributed by atoms with E-state index in [0.29, 0.717) is 68.0 Å². The Bertz CT molecular complexity index is 1890. The number of halogens is 2. The second-order valence-electron chi connectivity index (χ2n) is 14.6. The fourth-order valence-corrected chi connectivity index (χ4v) is 13.9. The van der Waals surface area contributed by atoms with E-state index < -0.39 is 25.3 Å². The minimum absolute atomic E-state index is 0.000781. The molecule has 0 radical (unpaired) electrons. The van der Waals surface area contributed by atoms with Crippen LogP contribution in [0.1, 0.15) is 89.7 Å². The van der Waals surface area contributed by atoms with Gasteiger partial charge in [0.25, 0.3) is 0 Å². The lowest BCUT2D eigenvalue weighted by molar-refractivity contribution is -0.0139. The molecule has 242 valence electrons. The number of hydrogen-bond acceptors (Lipinski definition) is 5. The van der Waals surface area contributed by atoms with E-state index in [1.165, 1.54) is 12.1 Å². The van der Waals surface area contributed by atoms with E-state index in [9.17, 15) is 10.2 Å². The summed E-state index contributed by atoms with van der Waals surface area (Å²) in [6, 6.07) is 6.34. The van der Waals surface area contributed by atoms with E-state index in [1.54, 1.807) is 18.3 Å². The summed E-state index contributed by atoms with van der Waals surface area (Å²) >= 11 is 0. The first kappa shape index (κ1) is 32.6. The van der Waals surface area contributed by atoms with Crippen molar-refractivity contribution >= 4 is 29.6 Å². The topological polar surface area (TPSA) is 78.3 Å². The highest BCUT2D eigenvalue weighted by Gasteiger charge is 2.46. The first-order chi connectivity index (χ1) is 21.7. The summed E-state index contributed by atoms with van der Waals surface area (Å²) in [6.45, 7) is 16.9. The molecule has 0 spiro atoms. The zero-order valence-corrected chi connectivity index (χ0v) is 29.1. The maximum Gasteiger partial charge on any atom is 0.157 e. The molecule has 2 aromatic heterocycles. The summed E-state index contributed by atoms with van der Waals surface area (Å²) in [6.07, 6.45) is 4.58. The largest absolute Gasteiger partial charge is 0.508 e. The number of phenols is 1. The molecule has 0 saturated carbocycles. The molecule has 3 N–H and O–H groups in total. The molecular weight excluding hydrogens is 597 g/mol. The van der Waals surface area contributed by atoms with Crippen molar-refractivity contribution in [3.8, 4) is 28.5 Å². The fraction of sp³-hybridized carbons (Fsp3) is 0.474. The van der Waals surface area contributed by atoms with Crippen LogP contribution in [0.5, 0.6) is 5.75 Å². The van der Waals surface area contributed by atoms with Gasteiger partial charge in [-0.05, 0) is 85.3 Å². The summed E-state index contributed by atoms with van der Waals surface area (Å²) in [5, 5.41) is 28.1. The molecule has 4 heterocycles. The standard InChI is InChI=1S/C38H45F2N3O2Si/c1-20(2)46(21(3)4,22(5)6)14-13-29-32(39)12-9-25-15-28(44)16-30(34(25)29)36-35(40)33-23(7)24(8)42-37(31(33)19-41-36)38(45)17-26-10-11-27(18-38)43-26/h9,12,15-16,19-22,26-27,43-45H,10-11,17-18H2,1-8H3. The molecule has 4 aromatic rings. The maximum atomic E-state index is 17.0. The third kappa shape index (κ3) is 5.12. The number of nitrogens with one attached hydrogen (secondary N) is 1. The lowest BCUT2D eigenvalue weighted by Gasteiger charge is -2.38. The number of aliphatic hydroxyl groups is 1. The Morgan fingerprint density at radius 2 is 1.59 bits per heavy atom. The zero-order valence-electron chi connectivity index (χ0n) is 28.1. The van der Waals surface area contributed by atoms with Crippen molar-refractivity contribution in [2.24, 2.45) is 0 Å². The number of nitrogens with zero attached hydrogens (tertiary/aromatic N) is 2. The quantitative estimate of drug-likeness (QED) is 0.150. The molecule has 2 fully saturated rings. The predicted octanol–water partition coefficient (Wildman–Crippen LogP) is 8.72. The van der Waals surface area contributed by atoms with Crippen LogP contribution in [0.2, 0.25) is 16.6 Å². The van der Waals surface area contributed by atoms with Crippen LogP contribution in [0.4, 0.5) is 8.78 Å². The minimum Gasteiger partial charge on any atom is -0.508 e. The average Bonchev–Trinajstić information content (AvgIpc) is 3.33. The molecular formula is C38H45F2N3O2Si. The molecule has 2 aromatic carbocycles. The van der Waals surface area contributed by atoms with Crippen molar-refractivity contribution in [1.82, 2.24) is 15.3 Å². The lowest BCUT2D eigenvalue weighted by Crippen LogP contribution is -2.47. The van der Waals surface area contributed by atoms with Crippen LogP contribution in [0.3, 0.4) is 0 Å². The van der Waals surface area contributed by atoms with Gasteiger partial charge in [0.05, 0.1) is 11.3 Å². The summed E-state index contributed by atoms with van der Waals surface area (Å²) in [4.78, 5) is 9.46. The van der Waals surface area contributed by atoms with Gasteiger partial charge in [-0.15, -0.1) is 5.54 Å². The van der Waals surface area contributed by atoms with Gasteiger partial charge in [0, 0.05) is 45.7 Å². The Hall–Kier alpha value is -3.38. The van der Waals surface area contributed by atoms with Crippen molar-refractivity contribution in [2.45, 2.75) is 115 Å². The van der Waals surface area contributed by atoms with Crippen molar-refractivity contribution in [3.63, 3.8) is 0 Å². The molecule has 2 unspecified atom stereocenters. The van der Waals surface area contributed by atoms with Crippen molar-refractivity contribution in [1.29, 1.82) is 0 Å². The van der Waals surface area contributed by atoms with Gasteiger partial charge >= 0.3 is 0 Å². The number of hydrogen-bond donors (Lipinski definition) is 3. The van der Waals surface area contributed by atoms with Crippen LogP contribution in [0, 0.1) is 36.9 Å². The molecule has 2 saturated heterocycles. The monoisotopic (exact) mass is 641 g/mol. The molecule has 2 aliphatic heterocycles. The van der Waals surface area contributed by atoms with E-state index in [2.05, 4.69) is 63.3 Å². The van der Waals surface area contributed by atoms with Gasteiger partial charge in [-0.2, -0.15) is 0 Å². The molecule has 6 rings (SSSR count). The second kappa shape index (κ2) is 11.7. The van der Waals surface area contributed by atoms with Gasteiger partial charge in [-0.3, -0.25) is 9.97 Å². The SMILES string of the molecule is Cc1nc(C2(O)CC3CCC(C2)N3)c2cnc(-c3cc(O)cc4ccc(F)c(C#C[Si](C(C)C)(C(C)C)C(C)C)c34)c(F)c2c1C. The van der Waals surface area contributed by atoms with E-state index in [0.717, 1.165) is 12.8 Å². The minimum atomic E-state index is -2.23. The number of rotatable bonds is 5. The molecule has 2 aliphatic rings. The highest BCUT2D eigenvalue weighted by molar-refractivity contribution is 6.90. The predicted molar refractivity (Wildman–Crippen MR) is 185 cm³/mol. The molecule has 46 heavy (non-hydrogen) atoms. The summed E-state index contributed by atoms with van der Waals surface area (Å²) in [7, 11) is -2.23. The van der Waals surface area contributed by atoms with Crippen molar-refractivity contribution in [2.75, 3.05) is 0 Å². The molecule has 2 bridgehead atoms. The number of aromatic hydroxyl groups is 1. The number of fused-ring (bicyclic) bond motifs is 4. The summed E-state index contributed by atoms with van der Waals surface area (Å²) in [5.41, 5.74) is 5.67. The van der Waals surface area contributed by atoms with Gasteiger partial charge in [-0.1, -0.05) is 53.5 Å². The van der Waals surface area contributed by atoms with Gasteiger partial charge in [-0.25, -0.2) is 8.78 Å². The van der Waals surface area contributed by atoms with Gasteiger partial charge in [0.15, 0.2) is 5.82 Å². The normalized spacial score (nSPS) is 21.5. The fourth-order valence-electron chi connectivity index (χ4n) is 8.72. The molecule has 8 heteroatoms. The first-order valence-corrected chi connectivity index (χ1v) is 18.8. The maximum absolute atomic E-state index is 17.0. The highest BCUT2D eigenvalue weighted by Crippen LogP contribution is 2.45. The van der Waals surface area contributed by atoms with Crippen LogP contribution >= 0.6 is 0 Å². The third-order valence-corrected chi connectivity index (χ3v) is 17.3. The van der Waals surface area contributed by atoms with Gasteiger partial charge in [0.1, 0.15) is 30.9 Å². The van der Waals surface area contributed by atoms with Crippen LogP contribution in [0.25, 0.3) is 32.8 Å². The highest BCUT2D eigenvalue weighted by atomic mass is 28.3. The number of pyridine rings is 2. The smallest absolute Gasteiger partial charge is 0.157 e. The Morgan fingerprint density at radius 1 is 0.957 bits per heavy atom. The van der Waals surface area contributed by atoms with Crippen LogP contribution < -0.4 is 5.32 Å². The van der Waals surface area contributed by atoms with Crippen LogP contribution in [-0.4, -0.2) is 40.3 Å². The Kier molecular flexibility index (Phi) is 8.28. The number of benzene rings is 2. The number of phenolic OH excluding ortho intramolecular Hbond substituents is 1. The van der Waals surface area contributed by atoms with E-state index >= 15 is 8.78 Å². The van der Waals surface area contributed by atoms with Crippen LogP contribution in [-0.2, 0) is 5.60 Å². The molecule has 2 atom stereocenters. The van der Waals surface area contributed by atoms with Crippen LogP contribution in [0.15, 0.2) is 30.5 Å². The van der Waals surface area contributed by atoms with Gasteiger partial charge in [0.2, 0.25) is 0 Å². The molecule has 5 nitrogen and oxygen atoms in total. The van der Waals surface area contributed by atoms with E-state index in [4.69, 9.17) is 4.98 Å². The number of aromatic nitrogens is 2. The Morgan fingerprint density at radius 3 is 2.20 bits per heavy atom. The average molecular weight is 642 g/mol. The number of piperidine rings is 1. The number of aryl methyl sites for hydroxylation is 2. The Labute approximate surface area is 271 Å². The van der Waals surface area contributed by atoms with E-state index in [1.807, 2.05) is 13.8 Å². The zero-order chi connectivity index (χ0) is 33.3. The van der Waals surface area contributed by atoms with Crippen molar-refractivity contribution < 1.29 is 19.0 Å². The summed E-state index contributed by atoms with van der Waals surface area (Å²) in [5.74, 6) is 2.12. The summed E-state index contributed by atoms with van der Waals surface area (Å²) < 4.78 is 32.9. The molecule has 0 aliphatic carbocycles. The van der Waals surface area contributed by atoms with E-state index in [-0.39, 0.29) is 34.7 Å². The third-order valence-electron chi connectivity index (χ3n) is 11.0. The lowest BCUT2D eigenvalue weighted by atomic mass is 9.82. The molecule has 0 amide bonds. The van der Waals surface area contributed by atoms with Crippen molar-refractivity contribution in [3.05, 3.63) is 64.6 Å². The van der Waals surface area contributed by atoms with Gasteiger partial charge < -0.3 is 15.5 Å².